The summed E-state index contributed by atoms with van der Waals surface area (Å²) in [5.74, 6) is -0.535. The van der Waals surface area contributed by atoms with Gasteiger partial charge in [-0.25, -0.2) is 4.68 Å². The molecular formula is C19H20N4O3S. The number of rotatable bonds is 6. The van der Waals surface area contributed by atoms with Gasteiger partial charge in [0.2, 0.25) is 5.91 Å². The summed E-state index contributed by atoms with van der Waals surface area (Å²) < 4.78 is 3.20. The Kier molecular flexibility index (Phi) is 5.56. The molecule has 0 aliphatic carbocycles. The Labute approximate surface area is 160 Å². The Balaban J connectivity index is 1.66. The number of para-hydroxylation sites is 1. The lowest BCUT2D eigenvalue weighted by atomic mass is 10.3. The highest BCUT2D eigenvalue weighted by molar-refractivity contribution is 7.12. The molecule has 0 atom stereocenters. The van der Waals surface area contributed by atoms with Crippen LogP contribution in [0.4, 0.5) is 5.69 Å². The van der Waals surface area contributed by atoms with Crippen LogP contribution >= 0.6 is 11.3 Å². The first kappa shape index (κ1) is 18.7. The van der Waals surface area contributed by atoms with Crippen LogP contribution in [-0.4, -0.2) is 27.7 Å². The largest absolute Gasteiger partial charge is 0.351 e. The van der Waals surface area contributed by atoms with Crippen LogP contribution in [0, 0.1) is 6.92 Å². The maximum Gasteiger partial charge on any atom is 0.295 e. The highest BCUT2D eigenvalue weighted by atomic mass is 32.1. The number of anilines is 1. The lowest BCUT2D eigenvalue weighted by Gasteiger charge is -2.07. The van der Waals surface area contributed by atoms with Crippen molar-refractivity contribution in [2.75, 3.05) is 11.9 Å². The van der Waals surface area contributed by atoms with Crippen LogP contribution in [0.25, 0.3) is 5.69 Å². The van der Waals surface area contributed by atoms with Crippen molar-refractivity contribution in [2.45, 2.75) is 13.3 Å². The van der Waals surface area contributed by atoms with E-state index in [0.717, 1.165) is 5.69 Å². The summed E-state index contributed by atoms with van der Waals surface area (Å²) in [6.07, 6.45) is 0.0796. The van der Waals surface area contributed by atoms with E-state index in [9.17, 15) is 14.4 Å². The number of hydrogen-bond donors (Lipinski definition) is 2. The van der Waals surface area contributed by atoms with Crippen LogP contribution < -0.4 is 16.2 Å². The van der Waals surface area contributed by atoms with Crippen molar-refractivity contribution in [1.29, 1.82) is 0 Å². The maximum absolute atomic E-state index is 12.7. The van der Waals surface area contributed by atoms with Crippen LogP contribution in [0.5, 0.6) is 0 Å². The average molecular weight is 384 g/mol. The van der Waals surface area contributed by atoms with E-state index < -0.39 is 0 Å². The molecule has 0 aliphatic heterocycles. The second kappa shape index (κ2) is 8.05. The molecule has 7 nitrogen and oxygen atoms in total. The molecular weight excluding hydrogens is 364 g/mol. The quantitative estimate of drug-likeness (QED) is 0.684. The van der Waals surface area contributed by atoms with Gasteiger partial charge in [-0.15, -0.1) is 11.3 Å². The van der Waals surface area contributed by atoms with E-state index in [2.05, 4.69) is 10.6 Å². The molecule has 8 heteroatoms. The first-order valence-corrected chi connectivity index (χ1v) is 9.32. The number of carbonyl (C=O) groups is 2. The van der Waals surface area contributed by atoms with Crippen molar-refractivity contribution in [3.63, 3.8) is 0 Å². The monoisotopic (exact) mass is 384 g/mol. The SMILES string of the molecule is Cc1c(NC(=O)CCNC(=O)c2cccs2)c(=O)n(-c2ccccc2)n1C. The second-order valence-electron chi connectivity index (χ2n) is 5.97. The smallest absolute Gasteiger partial charge is 0.295 e. The summed E-state index contributed by atoms with van der Waals surface area (Å²) in [5, 5.41) is 7.19. The van der Waals surface area contributed by atoms with E-state index in [-0.39, 0.29) is 36.0 Å². The normalized spacial score (nSPS) is 10.6. The number of aromatic nitrogens is 2. The molecule has 0 saturated carbocycles. The van der Waals surface area contributed by atoms with Crippen LogP contribution in [0.2, 0.25) is 0 Å². The van der Waals surface area contributed by atoms with Gasteiger partial charge in [0.15, 0.2) is 0 Å². The number of carbonyl (C=O) groups excluding carboxylic acids is 2. The predicted molar refractivity (Wildman–Crippen MR) is 106 cm³/mol. The van der Waals surface area contributed by atoms with Crippen LogP contribution in [-0.2, 0) is 11.8 Å². The molecule has 0 aliphatic rings. The van der Waals surface area contributed by atoms with Crippen molar-refractivity contribution in [1.82, 2.24) is 14.7 Å². The fourth-order valence-corrected chi connectivity index (χ4v) is 3.34. The predicted octanol–water partition coefficient (Wildman–Crippen LogP) is 2.30. The van der Waals surface area contributed by atoms with Crippen LogP contribution in [0.1, 0.15) is 21.8 Å². The van der Waals surface area contributed by atoms with Crippen molar-refractivity contribution in [3.8, 4) is 5.69 Å². The van der Waals surface area contributed by atoms with Crippen molar-refractivity contribution < 1.29 is 9.59 Å². The third kappa shape index (κ3) is 4.01. The minimum absolute atomic E-state index is 0.0796. The van der Waals surface area contributed by atoms with Gasteiger partial charge in [-0.2, -0.15) is 0 Å². The highest BCUT2D eigenvalue weighted by Crippen LogP contribution is 2.14. The third-order valence-electron chi connectivity index (χ3n) is 4.20. The lowest BCUT2D eigenvalue weighted by Crippen LogP contribution is -2.28. The molecule has 2 N–H and O–H groups in total. The lowest BCUT2D eigenvalue weighted by molar-refractivity contribution is -0.116. The molecule has 0 spiro atoms. The van der Waals surface area contributed by atoms with Gasteiger partial charge in [-0.1, -0.05) is 24.3 Å². The minimum atomic E-state index is -0.326. The number of thiophene rings is 1. The summed E-state index contributed by atoms with van der Waals surface area (Å²) in [6, 6.07) is 12.7. The topological polar surface area (TPSA) is 85.1 Å². The molecule has 3 aromatic rings. The van der Waals surface area contributed by atoms with Gasteiger partial charge in [0.1, 0.15) is 5.69 Å². The van der Waals surface area contributed by atoms with E-state index in [1.807, 2.05) is 35.7 Å². The van der Waals surface area contributed by atoms with Gasteiger partial charge >= 0.3 is 0 Å². The molecule has 2 aromatic heterocycles. The van der Waals surface area contributed by atoms with Crippen LogP contribution in [0.15, 0.2) is 52.6 Å². The van der Waals surface area contributed by atoms with E-state index in [1.54, 1.807) is 30.8 Å². The van der Waals surface area contributed by atoms with E-state index >= 15 is 0 Å². The zero-order valence-corrected chi connectivity index (χ0v) is 15.9. The molecule has 0 saturated heterocycles. The van der Waals surface area contributed by atoms with Crippen molar-refractivity contribution in [3.05, 3.63) is 68.8 Å². The third-order valence-corrected chi connectivity index (χ3v) is 5.07. The summed E-state index contributed by atoms with van der Waals surface area (Å²) in [6.45, 7) is 1.97. The molecule has 2 amide bonds. The summed E-state index contributed by atoms with van der Waals surface area (Å²) in [5.41, 5.74) is 1.32. The molecule has 0 bridgehead atoms. The number of nitrogens with zero attached hydrogens (tertiary/aromatic N) is 2. The van der Waals surface area contributed by atoms with Gasteiger partial charge in [0.25, 0.3) is 11.5 Å². The molecule has 0 radical (unpaired) electrons. The van der Waals surface area contributed by atoms with Gasteiger partial charge in [0, 0.05) is 20.0 Å². The molecule has 140 valence electrons. The van der Waals surface area contributed by atoms with E-state index in [0.29, 0.717) is 10.6 Å². The number of hydrogen-bond acceptors (Lipinski definition) is 4. The molecule has 1 aromatic carbocycles. The Bertz CT molecular complexity index is 1000. The fourth-order valence-electron chi connectivity index (χ4n) is 2.70. The van der Waals surface area contributed by atoms with Gasteiger partial charge in [-0.3, -0.25) is 19.1 Å². The standard InChI is InChI=1S/C19H20N4O3S/c1-13-17(19(26)23(22(13)2)14-7-4-3-5-8-14)21-16(24)10-11-20-18(25)15-9-6-12-27-15/h3-9,12H,10-11H2,1-2H3,(H,20,25)(H,21,24). The van der Waals surface area contributed by atoms with E-state index in [4.69, 9.17) is 0 Å². The zero-order chi connectivity index (χ0) is 19.4. The average Bonchev–Trinajstić information content (AvgIpc) is 3.27. The minimum Gasteiger partial charge on any atom is -0.351 e. The maximum atomic E-state index is 12.7. The Morgan fingerprint density at radius 1 is 1.11 bits per heavy atom. The zero-order valence-electron chi connectivity index (χ0n) is 15.1. The summed E-state index contributed by atoms with van der Waals surface area (Å²) in [7, 11) is 1.76. The highest BCUT2D eigenvalue weighted by Gasteiger charge is 2.18. The second-order valence-corrected chi connectivity index (χ2v) is 6.92. The Morgan fingerprint density at radius 3 is 2.52 bits per heavy atom. The van der Waals surface area contributed by atoms with Crippen molar-refractivity contribution >= 4 is 28.8 Å². The number of nitrogens with one attached hydrogen (secondary N) is 2. The van der Waals surface area contributed by atoms with Crippen LogP contribution in [0.3, 0.4) is 0 Å². The van der Waals surface area contributed by atoms with Gasteiger partial charge < -0.3 is 10.6 Å². The molecule has 0 unspecified atom stereocenters. The molecule has 2 heterocycles. The summed E-state index contributed by atoms with van der Waals surface area (Å²) >= 11 is 1.34. The number of benzene rings is 1. The first-order chi connectivity index (χ1) is 13.0. The van der Waals surface area contributed by atoms with Gasteiger partial charge in [0.05, 0.1) is 16.3 Å². The Morgan fingerprint density at radius 2 is 1.85 bits per heavy atom. The molecule has 27 heavy (non-hydrogen) atoms. The summed E-state index contributed by atoms with van der Waals surface area (Å²) in [4.78, 5) is 37.4. The van der Waals surface area contributed by atoms with Crippen molar-refractivity contribution in [2.24, 2.45) is 7.05 Å². The fraction of sp³-hybridized carbons (Fsp3) is 0.211. The first-order valence-electron chi connectivity index (χ1n) is 8.44. The number of amides is 2. The molecule has 3 rings (SSSR count). The molecule has 0 fully saturated rings. The van der Waals surface area contributed by atoms with Gasteiger partial charge in [-0.05, 0) is 30.5 Å². The van der Waals surface area contributed by atoms with E-state index in [1.165, 1.54) is 16.0 Å². The Hall–Kier alpha value is -3.13.